The molecule has 0 saturated carbocycles. The number of hydrogen-bond acceptors (Lipinski definition) is 4. The highest BCUT2D eigenvalue weighted by Gasteiger charge is 2.36. The molecule has 1 saturated heterocycles. The summed E-state index contributed by atoms with van der Waals surface area (Å²) in [6, 6.07) is 6.65. The summed E-state index contributed by atoms with van der Waals surface area (Å²) in [6.07, 6.45) is 0. The molecule has 1 aliphatic rings. The van der Waals surface area contributed by atoms with E-state index in [-0.39, 0.29) is 23.3 Å². The Balaban J connectivity index is 1.87. The van der Waals surface area contributed by atoms with Crippen molar-refractivity contribution in [2.75, 3.05) is 18.8 Å². The van der Waals surface area contributed by atoms with Crippen molar-refractivity contribution in [2.24, 2.45) is 11.8 Å². The molecular weight excluding hydrogens is 278 g/mol. The first-order chi connectivity index (χ1) is 9.47. The molecule has 2 rings (SSSR count). The van der Waals surface area contributed by atoms with Crippen LogP contribution in [-0.4, -0.2) is 45.8 Å². The second-order valence-electron chi connectivity index (χ2n) is 5.00. The number of carboxylic acid groups (broad SMARTS) is 1. The number of nitrogens with zero attached hydrogens (tertiary/aromatic N) is 1. The van der Waals surface area contributed by atoms with Gasteiger partial charge in [0.15, 0.2) is 0 Å². The van der Waals surface area contributed by atoms with Crippen LogP contribution in [0.1, 0.15) is 6.92 Å². The molecule has 1 amide bonds. The predicted molar refractivity (Wildman–Crippen MR) is 75.7 cm³/mol. The molecular formula is C14H17NO4S. The number of carbonyl (C=O) groups excluding carboxylic acids is 1. The summed E-state index contributed by atoms with van der Waals surface area (Å²) in [7, 11) is 0. The van der Waals surface area contributed by atoms with Gasteiger partial charge >= 0.3 is 5.97 Å². The molecule has 6 heteroatoms. The number of phenolic OH excluding ortho intramolecular Hbond substituents is 1. The van der Waals surface area contributed by atoms with Gasteiger partial charge in [-0.15, -0.1) is 11.8 Å². The zero-order valence-corrected chi connectivity index (χ0v) is 12.0. The van der Waals surface area contributed by atoms with Crippen molar-refractivity contribution in [3.8, 4) is 5.75 Å². The van der Waals surface area contributed by atoms with Crippen LogP contribution in [0.2, 0.25) is 0 Å². The van der Waals surface area contributed by atoms with E-state index in [9.17, 15) is 14.7 Å². The number of phenols is 1. The summed E-state index contributed by atoms with van der Waals surface area (Å²) in [5.41, 5.74) is 0. The van der Waals surface area contributed by atoms with E-state index < -0.39 is 11.9 Å². The van der Waals surface area contributed by atoms with Crippen LogP contribution in [0.25, 0.3) is 0 Å². The molecule has 1 aromatic carbocycles. The predicted octanol–water partition coefficient (Wildman–Crippen LogP) is 1.66. The van der Waals surface area contributed by atoms with Crippen LogP contribution in [0.15, 0.2) is 29.2 Å². The summed E-state index contributed by atoms with van der Waals surface area (Å²) >= 11 is 1.39. The fourth-order valence-electron chi connectivity index (χ4n) is 2.27. The highest BCUT2D eigenvalue weighted by Crippen LogP contribution is 2.25. The lowest BCUT2D eigenvalue weighted by molar-refractivity contribution is -0.142. The largest absolute Gasteiger partial charge is 0.508 e. The lowest BCUT2D eigenvalue weighted by Crippen LogP contribution is -2.31. The fourth-order valence-corrected chi connectivity index (χ4v) is 3.07. The third kappa shape index (κ3) is 3.45. The normalized spacial score (nSPS) is 21.9. The minimum atomic E-state index is -0.834. The second-order valence-corrected chi connectivity index (χ2v) is 6.05. The Morgan fingerprint density at radius 2 is 1.95 bits per heavy atom. The lowest BCUT2D eigenvalue weighted by atomic mass is 9.99. The number of thioether (sulfide) groups is 1. The first kappa shape index (κ1) is 14.7. The van der Waals surface area contributed by atoms with Crippen molar-refractivity contribution in [1.29, 1.82) is 0 Å². The van der Waals surface area contributed by atoms with Gasteiger partial charge in [0.05, 0.1) is 11.7 Å². The maximum Gasteiger partial charge on any atom is 0.308 e. The Kier molecular flexibility index (Phi) is 4.54. The summed E-state index contributed by atoms with van der Waals surface area (Å²) < 4.78 is 0. The standard InChI is InChI=1S/C14H17NO4S/c1-9-6-15(7-12(9)14(18)19)13(17)8-20-11-4-2-10(16)3-5-11/h2-5,9,12,16H,6-8H2,1H3,(H,18,19)/t9-,12-/m1/s1. The molecule has 1 aliphatic heterocycles. The van der Waals surface area contributed by atoms with Gasteiger partial charge in [-0.1, -0.05) is 6.92 Å². The van der Waals surface area contributed by atoms with Crippen LogP contribution < -0.4 is 0 Å². The van der Waals surface area contributed by atoms with E-state index in [4.69, 9.17) is 5.11 Å². The van der Waals surface area contributed by atoms with Gasteiger partial charge in [-0.05, 0) is 30.2 Å². The lowest BCUT2D eigenvalue weighted by Gasteiger charge is -2.15. The maximum atomic E-state index is 12.1. The fraction of sp³-hybridized carbons (Fsp3) is 0.429. The van der Waals surface area contributed by atoms with Gasteiger partial charge in [0.1, 0.15) is 5.75 Å². The van der Waals surface area contributed by atoms with Gasteiger partial charge in [0.25, 0.3) is 0 Å². The number of carboxylic acids is 1. The molecule has 5 nitrogen and oxygen atoms in total. The van der Waals surface area contributed by atoms with Crippen molar-refractivity contribution < 1.29 is 19.8 Å². The zero-order valence-electron chi connectivity index (χ0n) is 11.2. The highest BCUT2D eigenvalue weighted by atomic mass is 32.2. The Labute approximate surface area is 121 Å². The van der Waals surface area contributed by atoms with E-state index in [0.29, 0.717) is 13.1 Å². The van der Waals surface area contributed by atoms with Gasteiger partial charge in [0.2, 0.25) is 5.91 Å². The number of amides is 1. The van der Waals surface area contributed by atoms with Crippen molar-refractivity contribution in [1.82, 2.24) is 4.90 Å². The highest BCUT2D eigenvalue weighted by molar-refractivity contribution is 8.00. The van der Waals surface area contributed by atoms with E-state index in [1.54, 1.807) is 29.2 Å². The van der Waals surface area contributed by atoms with Crippen LogP contribution in [0, 0.1) is 11.8 Å². The third-order valence-corrected chi connectivity index (χ3v) is 4.48. The van der Waals surface area contributed by atoms with E-state index >= 15 is 0 Å². The molecule has 20 heavy (non-hydrogen) atoms. The summed E-state index contributed by atoms with van der Waals surface area (Å²) in [6.45, 7) is 2.66. The molecule has 108 valence electrons. The number of aliphatic carboxylic acids is 1. The monoisotopic (exact) mass is 295 g/mol. The topological polar surface area (TPSA) is 77.8 Å². The number of rotatable bonds is 4. The van der Waals surface area contributed by atoms with Gasteiger partial charge in [-0.25, -0.2) is 0 Å². The molecule has 2 atom stereocenters. The molecule has 2 N–H and O–H groups in total. The van der Waals surface area contributed by atoms with Gasteiger partial charge in [0, 0.05) is 18.0 Å². The SMILES string of the molecule is C[C@@H]1CN(C(=O)CSc2ccc(O)cc2)C[C@H]1C(=O)O. The molecule has 1 heterocycles. The first-order valence-corrected chi connectivity index (χ1v) is 7.38. The van der Waals surface area contributed by atoms with Gasteiger partial charge in [-0.2, -0.15) is 0 Å². The van der Waals surface area contributed by atoms with E-state index in [2.05, 4.69) is 0 Å². The van der Waals surface area contributed by atoms with E-state index in [0.717, 1.165) is 4.90 Å². The molecule has 0 unspecified atom stereocenters. The molecule has 0 bridgehead atoms. The minimum absolute atomic E-state index is 0.00452. The Morgan fingerprint density at radius 1 is 1.30 bits per heavy atom. The Hall–Kier alpha value is -1.69. The average Bonchev–Trinajstić information content (AvgIpc) is 2.80. The number of carbonyl (C=O) groups is 2. The zero-order chi connectivity index (χ0) is 14.7. The number of aromatic hydroxyl groups is 1. The first-order valence-electron chi connectivity index (χ1n) is 6.40. The quantitative estimate of drug-likeness (QED) is 0.826. The molecule has 0 radical (unpaired) electrons. The van der Waals surface area contributed by atoms with Crippen molar-refractivity contribution >= 4 is 23.6 Å². The molecule has 0 spiro atoms. The van der Waals surface area contributed by atoms with E-state index in [1.807, 2.05) is 6.92 Å². The van der Waals surface area contributed by atoms with Crippen molar-refractivity contribution in [3.05, 3.63) is 24.3 Å². The van der Waals surface area contributed by atoms with Crippen LogP contribution in [0.4, 0.5) is 0 Å². The summed E-state index contributed by atoms with van der Waals surface area (Å²) in [5, 5.41) is 18.2. The van der Waals surface area contributed by atoms with Crippen LogP contribution in [0.3, 0.4) is 0 Å². The molecule has 0 aliphatic carbocycles. The maximum absolute atomic E-state index is 12.1. The number of likely N-dealkylation sites (tertiary alicyclic amines) is 1. The molecule has 0 aromatic heterocycles. The Morgan fingerprint density at radius 3 is 2.50 bits per heavy atom. The summed E-state index contributed by atoms with van der Waals surface area (Å²) in [4.78, 5) is 25.6. The van der Waals surface area contributed by atoms with Gasteiger partial charge < -0.3 is 15.1 Å². The number of hydrogen-bond donors (Lipinski definition) is 2. The molecule has 1 aromatic rings. The second kappa shape index (κ2) is 6.17. The van der Waals surface area contributed by atoms with Crippen molar-refractivity contribution in [2.45, 2.75) is 11.8 Å². The molecule has 1 fully saturated rings. The Bertz CT molecular complexity index is 502. The van der Waals surface area contributed by atoms with Crippen LogP contribution in [0.5, 0.6) is 5.75 Å². The van der Waals surface area contributed by atoms with Crippen LogP contribution in [-0.2, 0) is 9.59 Å². The minimum Gasteiger partial charge on any atom is -0.508 e. The summed E-state index contributed by atoms with van der Waals surface area (Å²) in [5.74, 6) is -0.868. The smallest absolute Gasteiger partial charge is 0.308 e. The number of benzene rings is 1. The average molecular weight is 295 g/mol. The third-order valence-electron chi connectivity index (χ3n) is 3.48. The van der Waals surface area contributed by atoms with Gasteiger partial charge in [-0.3, -0.25) is 9.59 Å². The van der Waals surface area contributed by atoms with Crippen molar-refractivity contribution in [3.63, 3.8) is 0 Å². The van der Waals surface area contributed by atoms with E-state index in [1.165, 1.54) is 11.8 Å². The van der Waals surface area contributed by atoms with Crippen LogP contribution >= 0.6 is 11.8 Å².